The Kier molecular flexibility index (Phi) is 2.89. The molecule has 2 aromatic rings. The molecule has 0 saturated carbocycles. The van der Waals surface area contributed by atoms with E-state index in [4.69, 9.17) is 0 Å². The van der Waals surface area contributed by atoms with Gasteiger partial charge in [0.25, 0.3) is 0 Å². The third-order valence-electron chi connectivity index (χ3n) is 5.39. The lowest BCUT2D eigenvalue weighted by atomic mass is 9.80. The number of nitrogens with zero attached hydrogens (tertiary/aromatic N) is 2. The molecule has 4 saturated heterocycles. The van der Waals surface area contributed by atoms with Crippen LogP contribution < -0.4 is 0 Å². The fraction of sp³-hybridized carbons (Fsp3) is 0.500. The summed E-state index contributed by atoms with van der Waals surface area (Å²) in [6, 6.07) is 11.0. The van der Waals surface area contributed by atoms with Crippen LogP contribution in [0.5, 0.6) is 0 Å². The van der Waals surface area contributed by atoms with Crippen LogP contribution in [0.15, 0.2) is 34.5 Å². The highest BCUT2D eigenvalue weighted by molar-refractivity contribution is 7.91. The van der Waals surface area contributed by atoms with Crippen LogP contribution >= 0.6 is 11.3 Å². The molecule has 3 nitrogen and oxygen atoms in total. The molecule has 4 bridgehead atoms. The average Bonchev–Trinajstić information content (AvgIpc) is 3.06. The van der Waals surface area contributed by atoms with Gasteiger partial charge in [0.15, 0.2) is 0 Å². The van der Waals surface area contributed by atoms with Crippen molar-refractivity contribution in [2.24, 2.45) is 11.8 Å². The Morgan fingerprint density at radius 3 is 2.90 bits per heavy atom. The summed E-state index contributed by atoms with van der Waals surface area (Å²) >= 11 is 0.712. The first-order valence-corrected chi connectivity index (χ1v) is 9.61. The SMILES string of the molecule is [O-][S+](c1cc2ccccc2s1)N1CC2CN3CCC2C1C3. The number of hydrogen-bond acceptors (Lipinski definition) is 4. The highest BCUT2D eigenvalue weighted by atomic mass is 32.2. The van der Waals surface area contributed by atoms with Crippen molar-refractivity contribution in [2.75, 3.05) is 26.2 Å². The van der Waals surface area contributed by atoms with Gasteiger partial charge < -0.3 is 9.45 Å². The Balaban J connectivity index is 1.47. The van der Waals surface area contributed by atoms with Crippen molar-refractivity contribution in [3.8, 4) is 0 Å². The van der Waals surface area contributed by atoms with Crippen LogP contribution in [0.4, 0.5) is 0 Å². The summed E-state index contributed by atoms with van der Waals surface area (Å²) in [5, 5.41) is 1.22. The molecule has 1 aromatic heterocycles. The van der Waals surface area contributed by atoms with Gasteiger partial charge in [0.05, 0.1) is 17.4 Å². The molecule has 4 fully saturated rings. The first kappa shape index (κ1) is 12.9. The van der Waals surface area contributed by atoms with E-state index in [-0.39, 0.29) is 0 Å². The second kappa shape index (κ2) is 4.70. The predicted molar refractivity (Wildman–Crippen MR) is 86.8 cm³/mol. The Morgan fingerprint density at radius 2 is 2.10 bits per heavy atom. The molecule has 4 aliphatic rings. The average molecular weight is 318 g/mol. The largest absolute Gasteiger partial charge is 0.592 e. The van der Waals surface area contributed by atoms with Gasteiger partial charge in [-0.3, -0.25) is 0 Å². The van der Waals surface area contributed by atoms with Gasteiger partial charge in [-0.15, -0.1) is 4.31 Å². The maximum absolute atomic E-state index is 13.1. The normalized spacial score (nSPS) is 36.4. The number of hydrogen-bond donors (Lipinski definition) is 0. The molecule has 5 heterocycles. The fourth-order valence-corrected chi connectivity index (χ4v) is 7.30. The van der Waals surface area contributed by atoms with Crippen molar-refractivity contribution >= 4 is 32.8 Å². The molecular weight excluding hydrogens is 300 g/mol. The zero-order chi connectivity index (χ0) is 14.0. The summed E-state index contributed by atoms with van der Waals surface area (Å²) in [6.07, 6.45) is 1.30. The molecule has 1 aromatic carbocycles. The van der Waals surface area contributed by atoms with E-state index in [1.165, 1.54) is 29.6 Å². The minimum atomic E-state index is -0.979. The highest BCUT2D eigenvalue weighted by Gasteiger charge is 2.54. The smallest absolute Gasteiger partial charge is 0.229 e. The second-order valence-electron chi connectivity index (χ2n) is 6.49. The molecule has 5 unspecified atom stereocenters. The maximum Gasteiger partial charge on any atom is 0.229 e. The topological polar surface area (TPSA) is 29.5 Å². The van der Waals surface area contributed by atoms with Crippen LogP contribution in [-0.2, 0) is 11.4 Å². The Hall–Kier alpha value is -0.590. The number of rotatable bonds is 2. The van der Waals surface area contributed by atoms with Crippen LogP contribution in [0.3, 0.4) is 0 Å². The molecule has 0 radical (unpaired) electrons. The van der Waals surface area contributed by atoms with Crippen LogP contribution in [0.2, 0.25) is 0 Å². The zero-order valence-electron chi connectivity index (χ0n) is 11.8. The van der Waals surface area contributed by atoms with Gasteiger partial charge in [0.1, 0.15) is 0 Å². The number of benzene rings is 1. The van der Waals surface area contributed by atoms with Gasteiger partial charge >= 0.3 is 0 Å². The Labute approximate surface area is 131 Å². The van der Waals surface area contributed by atoms with Crippen molar-refractivity contribution < 1.29 is 4.55 Å². The third-order valence-corrected chi connectivity index (χ3v) is 8.29. The highest BCUT2D eigenvalue weighted by Crippen LogP contribution is 2.44. The van der Waals surface area contributed by atoms with Gasteiger partial charge in [-0.05, 0) is 36.3 Å². The van der Waals surface area contributed by atoms with Gasteiger partial charge in [0, 0.05) is 30.4 Å². The molecular formula is C16H18N2OS2. The molecule has 0 N–H and O–H groups in total. The molecule has 21 heavy (non-hydrogen) atoms. The van der Waals surface area contributed by atoms with E-state index in [1.54, 1.807) is 11.3 Å². The lowest BCUT2D eigenvalue weighted by molar-refractivity contribution is 0.0609. The van der Waals surface area contributed by atoms with Crippen molar-refractivity contribution in [2.45, 2.75) is 16.7 Å². The summed E-state index contributed by atoms with van der Waals surface area (Å²) in [6.45, 7) is 4.62. The molecule has 110 valence electrons. The summed E-state index contributed by atoms with van der Waals surface area (Å²) in [7, 11) is 0. The van der Waals surface area contributed by atoms with Crippen LogP contribution in [0.25, 0.3) is 10.1 Å². The van der Waals surface area contributed by atoms with E-state index in [0.717, 1.165) is 29.1 Å². The molecule has 6 rings (SSSR count). The van der Waals surface area contributed by atoms with Gasteiger partial charge in [-0.1, -0.05) is 29.5 Å². The van der Waals surface area contributed by atoms with E-state index in [1.807, 2.05) is 0 Å². The van der Waals surface area contributed by atoms with Crippen LogP contribution in [0.1, 0.15) is 6.42 Å². The summed E-state index contributed by atoms with van der Waals surface area (Å²) < 4.78 is 17.6. The standard InChI is InChI=1S/C16H18N2OS2/c19-21(16-7-11-3-1-2-4-15(11)20-16)18-9-12-8-17-6-5-13(12)14(18)10-17/h1-4,7,12-14H,5-6,8-10H2. The van der Waals surface area contributed by atoms with Crippen molar-refractivity contribution in [3.63, 3.8) is 0 Å². The molecule has 0 amide bonds. The first-order valence-electron chi connectivity index (χ1n) is 7.69. The summed E-state index contributed by atoms with van der Waals surface area (Å²) in [4.78, 5) is 2.57. The quantitative estimate of drug-likeness (QED) is 0.797. The van der Waals surface area contributed by atoms with E-state index >= 15 is 0 Å². The Morgan fingerprint density at radius 1 is 1.19 bits per heavy atom. The zero-order valence-corrected chi connectivity index (χ0v) is 13.4. The predicted octanol–water partition coefficient (Wildman–Crippen LogP) is 2.56. The van der Waals surface area contributed by atoms with E-state index in [2.05, 4.69) is 39.5 Å². The molecule has 0 aliphatic carbocycles. The van der Waals surface area contributed by atoms with Crippen LogP contribution in [0, 0.1) is 11.8 Å². The van der Waals surface area contributed by atoms with Gasteiger partial charge in [0.2, 0.25) is 4.21 Å². The van der Waals surface area contributed by atoms with Crippen molar-refractivity contribution in [1.29, 1.82) is 0 Å². The first-order chi connectivity index (χ1) is 10.3. The van der Waals surface area contributed by atoms with Crippen molar-refractivity contribution in [3.05, 3.63) is 30.3 Å². The molecule has 5 heteroatoms. The minimum absolute atomic E-state index is 0.517. The second-order valence-corrected chi connectivity index (χ2v) is 9.24. The van der Waals surface area contributed by atoms with Gasteiger partial charge in [-0.2, -0.15) is 0 Å². The number of thiophene rings is 1. The Bertz CT molecular complexity index is 655. The lowest BCUT2D eigenvalue weighted by Gasteiger charge is -2.43. The fourth-order valence-electron chi connectivity index (χ4n) is 4.41. The van der Waals surface area contributed by atoms with E-state index in [9.17, 15) is 4.55 Å². The number of piperidine rings is 3. The van der Waals surface area contributed by atoms with E-state index < -0.39 is 11.4 Å². The summed E-state index contributed by atoms with van der Waals surface area (Å²) in [5.74, 6) is 1.53. The summed E-state index contributed by atoms with van der Waals surface area (Å²) in [5.41, 5.74) is 0. The maximum atomic E-state index is 13.1. The number of fused-ring (bicyclic) bond motifs is 2. The van der Waals surface area contributed by atoms with Crippen LogP contribution in [-0.4, -0.2) is 46.0 Å². The molecule has 4 aliphatic heterocycles. The monoisotopic (exact) mass is 318 g/mol. The minimum Gasteiger partial charge on any atom is -0.592 e. The van der Waals surface area contributed by atoms with Gasteiger partial charge in [-0.25, -0.2) is 0 Å². The third kappa shape index (κ3) is 1.92. The molecule has 0 spiro atoms. The molecule has 5 atom stereocenters. The lowest BCUT2D eigenvalue weighted by Crippen LogP contribution is -2.54. The van der Waals surface area contributed by atoms with Crippen molar-refractivity contribution in [1.82, 2.24) is 9.21 Å². The van der Waals surface area contributed by atoms with E-state index in [0.29, 0.717) is 6.04 Å².